The Labute approximate surface area is 161 Å². The summed E-state index contributed by atoms with van der Waals surface area (Å²) >= 11 is 0. The molecule has 8 heteroatoms. The second-order valence-electron chi connectivity index (χ2n) is 6.38. The van der Waals surface area contributed by atoms with Gasteiger partial charge in [0.1, 0.15) is 17.5 Å². The van der Waals surface area contributed by atoms with Crippen LogP contribution in [0.5, 0.6) is 0 Å². The van der Waals surface area contributed by atoms with Gasteiger partial charge in [0.25, 0.3) is 5.56 Å². The van der Waals surface area contributed by atoms with Crippen LogP contribution in [0.25, 0.3) is 11.1 Å². The highest BCUT2D eigenvalue weighted by molar-refractivity contribution is 7.91. The van der Waals surface area contributed by atoms with E-state index in [1.54, 1.807) is 44.4 Å². The molecule has 1 N–H and O–H groups in total. The number of nitrogens with one attached hydrogen (secondary N) is 1. The third kappa shape index (κ3) is 3.96. The van der Waals surface area contributed by atoms with E-state index < -0.39 is 27.3 Å². The normalized spacial score (nSPS) is 11.4. The SMILES string of the molecule is Cc1cc(-c2ccccc2S(=O)(=O)CNc2ccc(F)cc2F)cn(C)c1=O. The fourth-order valence-electron chi connectivity index (χ4n) is 2.88. The lowest BCUT2D eigenvalue weighted by atomic mass is 10.1. The van der Waals surface area contributed by atoms with Crippen molar-refractivity contribution in [3.63, 3.8) is 0 Å². The second kappa shape index (κ2) is 7.55. The molecule has 0 aliphatic heterocycles. The number of sulfone groups is 1. The minimum Gasteiger partial charge on any atom is -0.369 e. The maximum atomic E-state index is 13.8. The monoisotopic (exact) mass is 404 g/mol. The van der Waals surface area contributed by atoms with Crippen molar-refractivity contribution in [2.24, 2.45) is 7.05 Å². The van der Waals surface area contributed by atoms with E-state index in [1.165, 1.54) is 10.6 Å². The van der Waals surface area contributed by atoms with Crippen molar-refractivity contribution in [3.8, 4) is 11.1 Å². The Morgan fingerprint density at radius 2 is 1.79 bits per heavy atom. The van der Waals surface area contributed by atoms with Crippen LogP contribution in [0.3, 0.4) is 0 Å². The molecule has 0 amide bonds. The van der Waals surface area contributed by atoms with Crippen LogP contribution >= 0.6 is 0 Å². The Morgan fingerprint density at radius 3 is 2.46 bits per heavy atom. The number of pyridine rings is 1. The zero-order chi connectivity index (χ0) is 20.5. The molecule has 2 aromatic carbocycles. The summed E-state index contributed by atoms with van der Waals surface area (Å²) in [5, 5.41) is 2.50. The Hall–Kier alpha value is -3.00. The smallest absolute Gasteiger partial charge is 0.253 e. The molecule has 0 aliphatic carbocycles. The summed E-state index contributed by atoms with van der Waals surface area (Å²) in [6.45, 7) is 1.65. The van der Waals surface area contributed by atoms with Crippen molar-refractivity contribution < 1.29 is 17.2 Å². The van der Waals surface area contributed by atoms with Gasteiger partial charge in [-0.25, -0.2) is 17.2 Å². The number of hydrogen-bond donors (Lipinski definition) is 1. The Balaban J connectivity index is 1.98. The van der Waals surface area contributed by atoms with E-state index in [-0.39, 0.29) is 16.1 Å². The summed E-state index contributed by atoms with van der Waals surface area (Å²) in [7, 11) is -2.27. The Bertz CT molecular complexity index is 1180. The quantitative estimate of drug-likeness (QED) is 0.707. The van der Waals surface area contributed by atoms with Gasteiger partial charge in [-0.1, -0.05) is 18.2 Å². The van der Waals surface area contributed by atoms with Gasteiger partial charge in [-0.2, -0.15) is 0 Å². The first-order valence-corrected chi connectivity index (χ1v) is 10.0. The summed E-state index contributed by atoms with van der Waals surface area (Å²) in [5.74, 6) is -2.20. The predicted octanol–water partition coefficient (Wildman–Crippen LogP) is 3.48. The molecular formula is C20H18F2N2O3S. The van der Waals surface area contributed by atoms with Gasteiger partial charge in [-0.3, -0.25) is 4.79 Å². The van der Waals surface area contributed by atoms with E-state index in [2.05, 4.69) is 5.32 Å². The zero-order valence-corrected chi connectivity index (χ0v) is 16.1. The zero-order valence-electron chi connectivity index (χ0n) is 15.2. The average Bonchev–Trinajstić information content (AvgIpc) is 2.65. The van der Waals surface area contributed by atoms with E-state index in [4.69, 9.17) is 0 Å². The van der Waals surface area contributed by atoms with Gasteiger partial charge in [-0.05, 0) is 36.8 Å². The second-order valence-corrected chi connectivity index (χ2v) is 8.34. The third-order valence-corrected chi connectivity index (χ3v) is 5.83. The summed E-state index contributed by atoms with van der Waals surface area (Å²) in [6, 6.07) is 10.9. The van der Waals surface area contributed by atoms with Crippen molar-refractivity contribution in [1.29, 1.82) is 0 Å². The molecule has 0 fully saturated rings. The summed E-state index contributed by atoms with van der Waals surface area (Å²) in [4.78, 5) is 12.0. The highest BCUT2D eigenvalue weighted by Crippen LogP contribution is 2.28. The van der Waals surface area contributed by atoms with Gasteiger partial charge < -0.3 is 9.88 Å². The van der Waals surface area contributed by atoms with Crippen molar-refractivity contribution >= 4 is 15.5 Å². The third-order valence-electron chi connectivity index (χ3n) is 4.28. The maximum absolute atomic E-state index is 13.8. The van der Waals surface area contributed by atoms with E-state index in [9.17, 15) is 22.0 Å². The molecule has 0 bridgehead atoms. The molecule has 5 nitrogen and oxygen atoms in total. The summed E-state index contributed by atoms with van der Waals surface area (Å²) < 4.78 is 53.9. The van der Waals surface area contributed by atoms with Crippen LogP contribution in [0.1, 0.15) is 5.56 Å². The lowest BCUT2D eigenvalue weighted by Gasteiger charge is -2.14. The number of aromatic nitrogens is 1. The first-order chi connectivity index (χ1) is 13.2. The van der Waals surface area contributed by atoms with Crippen LogP contribution in [0.2, 0.25) is 0 Å². The number of rotatable bonds is 5. The van der Waals surface area contributed by atoms with Crippen LogP contribution in [0.15, 0.2) is 64.4 Å². The lowest BCUT2D eigenvalue weighted by Crippen LogP contribution is -2.19. The van der Waals surface area contributed by atoms with Crippen LogP contribution < -0.4 is 10.9 Å². The van der Waals surface area contributed by atoms with Crippen LogP contribution in [-0.4, -0.2) is 18.9 Å². The molecule has 28 heavy (non-hydrogen) atoms. The van der Waals surface area contributed by atoms with Crippen molar-refractivity contribution in [1.82, 2.24) is 4.57 Å². The van der Waals surface area contributed by atoms with Crippen molar-refractivity contribution in [3.05, 3.63) is 82.3 Å². The molecule has 0 saturated carbocycles. The molecule has 0 unspecified atom stereocenters. The standard InChI is InChI=1S/C20H18F2N2O3S/c1-13-9-14(11-24(2)20(13)25)16-5-3-4-6-19(16)28(26,27)12-23-18-8-7-15(21)10-17(18)22/h3-11,23H,12H2,1-2H3. The van der Waals surface area contributed by atoms with E-state index in [1.807, 2.05) is 0 Å². The molecule has 0 aliphatic rings. The van der Waals surface area contributed by atoms with Crippen LogP contribution in [-0.2, 0) is 16.9 Å². The number of hydrogen-bond acceptors (Lipinski definition) is 4. The molecule has 1 heterocycles. The van der Waals surface area contributed by atoms with Crippen LogP contribution in [0.4, 0.5) is 14.5 Å². The largest absolute Gasteiger partial charge is 0.369 e. The number of halogens is 2. The molecule has 3 rings (SSSR count). The van der Waals surface area contributed by atoms with Gasteiger partial charge in [0.05, 0.1) is 10.6 Å². The molecular weight excluding hydrogens is 386 g/mol. The van der Waals surface area contributed by atoms with Crippen LogP contribution in [0, 0.1) is 18.6 Å². The fourth-order valence-corrected chi connectivity index (χ4v) is 4.19. The Morgan fingerprint density at radius 1 is 1.07 bits per heavy atom. The Kier molecular flexibility index (Phi) is 5.33. The van der Waals surface area contributed by atoms with Gasteiger partial charge >= 0.3 is 0 Å². The van der Waals surface area contributed by atoms with Gasteiger partial charge in [0, 0.05) is 30.4 Å². The highest BCUT2D eigenvalue weighted by Gasteiger charge is 2.20. The lowest BCUT2D eigenvalue weighted by molar-refractivity contribution is 0.585. The van der Waals surface area contributed by atoms with E-state index in [0.29, 0.717) is 22.8 Å². The maximum Gasteiger partial charge on any atom is 0.253 e. The number of anilines is 1. The topological polar surface area (TPSA) is 68.2 Å². The van der Waals surface area contributed by atoms with Gasteiger partial charge in [0.2, 0.25) is 0 Å². The van der Waals surface area contributed by atoms with E-state index in [0.717, 1.165) is 12.1 Å². The molecule has 146 valence electrons. The molecule has 1 aromatic heterocycles. The fraction of sp³-hybridized carbons (Fsp3) is 0.150. The van der Waals surface area contributed by atoms with Crippen molar-refractivity contribution in [2.75, 3.05) is 11.2 Å². The highest BCUT2D eigenvalue weighted by atomic mass is 32.2. The first-order valence-electron chi connectivity index (χ1n) is 8.37. The summed E-state index contributed by atoms with van der Waals surface area (Å²) in [6.07, 6.45) is 1.57. The van der Waals surface area contributed by atoms with Crippen molar-refractivity contribution in [2.45, 2.75) is 11.8 Å². The minimum absolute atomic E-state index is 0.0445. The predicted molar refractivity (Wildman–Crippen MR) is 104 cm³/mol. The van der Waals surface area contributed by atoms with Gasteiger partial charge in [0.15, 0.2) is 9.84 Å². The van der Waals surface area contributed by atoms with E-state index >= 15 is 0 Å². The molecule has 0 spiro atoms. The number of benzene rings is 2. The number of aryl methyl sites for hydroxylation is 2. The van der Waals surface area contributed by atoms with Gasteiger partial charge in [-0.15, -0.1) is 0 Å². The first kappa shape index (κ1) is 19.8. The minimum atomic E-state index is -3.86. The average molecular weight is 404 g/mol. The molecule has 3 aromatic rings. The number of nitrogens with zero attached hydrogens (tertiary/aromatic N) is 1. The molecule has 0 saturated heterocycles. The molecule has 0 radical (unpaired) electrons. The molecule has 0 atom stereocenters. The summed E-state index contributed by atoms with van der Waals surface area (Å²) in [5.41, 5.74) is 1.21.